The molecule has 2 aromatic carbocycles. The Morgan fingerprint density at radius 2 is 1.95 bits per heavy atom. The van der Waals surface area contributed by atoms with Crippen LogP contribution in [0, 0.1) is 19.7 Å². The first-order chi connectivity index (χ1) is 8.99. The lowest BCUT2D eigenvalue weighted by Gasteiger charge is -2.17. The fourth-order valence-electron chi connectivity index (χ4n) is 2.26. The highest BCUT2D eigenvalue weighted by Crippen LogP contribution is 2.26. The van der Waals surface area contributed by atoms with Gasteiger partial charge in [-0.25, -0.2) is 4.39 Å². The first-order valence-corrected chi connectivity index (χ1v) is 7.04. The lowest BCUT2D eigenvalue weighted by Crippen LogP contribution is -2.15. The Labute approximate surface area is 121 Å². The molecule has 1 unspecified atom stereocenters. The first kappa shape index (κ1) is 14.2. The first-order valence-electron chi connectivity index (χ1n) is 6.24. The summed E-state index contributed by atoms with van der Waals surface area (Å²) in [7, 11) is 0. The van der Waals surface area contributed by atoms with Crippen LogP contribution in [0.3, 0.4) is 0 Å². The van der Waals surface area contributed by atoms with Gasteiger partial charge in [-0.05, 0) is 60.7 Å². The van der Waals surface area contributed by atoms with Gasteiger partial charge in [-0.15, -0.1) is 0 Å². The summed E-state index contributed by atoms with van der Waals surface area (Å²) in [5.74, 6) is -0.201. The van der Waals surface area contributed by atoms with Gasteiger partial charge >= 0.3 is 0 Å². The highest BCUT2D eigenvalue weighted by atomic mass is 79.9. The van der Waals surface area contributed by atoms with Crippen LogP contribution in [0.15, 0.2) is 40.9 Å². The predicted molar refractivity (Wildman–Crippen MR) is 80.6 cm³/mol. The van der Waals surface area contributed by atoms with Crippen LogP contribution in [0.1, 0.15) is 28.3 Å². The SMILES string of the molecule is Cc1cc(F)ccc1CC(N)c1cccc(Br)c1C. The largest absolute Gasteiger partial charge is 0.324 e. The number of halogens is 2. The standard InChI is InChI=1S/C16H17BrFN/c1-10-8-13(18)7-6-12(10)9-16(19)14-4-3-5-15(17)11(14)2/h3-8,16H,9,19H2,1-2H3. The van der Waals surface area contributed by atoms with Crippen LogP contribution in [-0.4, -0.2) is 0 Å². The summed E-state index contributed by atoms with van der Waals surface area (Å²) in [5.41, 5.74) is 10.6. The summed E-state index contributed by atoms with van der Waals surface area (Å²) in [6.07, 6.45) is 0.712. The molecule has 0 aromatic heterocycles. The van der Waals surface area contributed by atoms with E-state index in [2.05, 4.69) is 22.9 Å². The van der Waals surface area contributed by atoms with Crippen molar-refractivity contribution in [1.82, 2.24) is 0 Å². The lowest BCUT2D eigenvalue weighted by atomic mass is 9.94. The Morgan fingerprint density at radius 1 is 1.21 bits per heavy atom. The molecule has 3 heteroatoms. The predicted octanol–water partition coefficient (Wildman–Crippen LogP) is 4.45. The van der Waals surface area contributed by atoms with E-state index in [4.69, 9.17) is 5.73 Å². The van der Waals surface area contributed by atoms with Gasteiger partial charge in [0.2, 0.25) is 0 Å². The lowest BCUT2D eigenvalue weighted by molar-refractivity contribution is 0.623. The average Bonchev–Trinajstić information content (AvgIpc) is 2.36. The van der Waals surface area contributed by atoms with Crippen LogP contribution in [0.2, 0.25) is 0 Å². The third kappa shape index (κ3) is 3.23. The number of benzene rings is 2. The van der Waals surface area contributed by atoms with E-state index >= 15 is 0 Å². The minimum Gasteiger partial charge on any atom is -0.324 e. The molecule has 2 N–H and O–H groups in total. The molecule has 0 radical (unpaired) electrons. The summed E-state index contributed by atoms with van der Waals surface area (Å²) < 4.78 is 14.2. The summed E-state index contributed by atoms with van der Waals surface area (Å²) in [6, 6.07) is 10.8. The zero-order chi connectivity index (χ0) is 14.0. The van der Waals surface area contributed by atoms with E-state index in [1.165, 1.54) is 6.07 Å². The number of hydrogen-bond acceptors (Lipinski definition) is 1. The molecule has 0 fully saturated rings. The van der Waals surface area contributed by atoms with Gasteiger partial charge in [-0.3, -0.25) is 0 Å². The van der Waals surface area contributed by atoms with Gasteiger partial charge in [0, 0.05) is 10.5 Å². The summed E-state index contributed by atoms with van der Waals surface area (Å²) in [5, 5.41) is 0. The van der Waals surface area contributed by atoms with E-state index in [1.54, 1.807) is 6.07 Å². The van der Waals surface area contributed by atoms with Crippen LogP contribution in [0.25, 0.3) is 0 Å². The minimum atomic E-state index is -0.201. The topological polar surface area (TPSA) is 26.0 Å². The van der Waals surface area contributed by atoms with Crippen molar-refractivity contribution in [2.24, 2.45) is 5.73 Å². The van der Waals surface area contributed by atoms with Gasteiger partial charge in [0.25, 0.3) is 0 Å². The van der Waals surface area contributed by atoms with Crippen molar-refractivity contribution in [3.05, 3.63) is 68.9 Å². The highest BCUT2D eigenvalue weighted by Gasteiger charge is 2.12. The molecule has 0 aliphatic rings. The monoisotopic (exact) mass is 321 g/mol. The summed E-state index contributed by atoms with van der Waals surface area (Å²) >= 11 is 3.52. The van der Waals surface area contributed by atoms with E-state index in [1.807, 2.05) is 31.2 Å². The zero-order valence-corrected chi connectivity index (χ0v) is 12.7. The molecular weight excluding hydrogens is 305 g/mol. The maximum atomic E-state index is 13.1. The second kappa shape index (κ2) is 5.85. The molecule has 1 nitrogen and oxygen atoms in total. The fraction of sp³-hybridized carbons (Fsp3) is 0.250. The molecule has 0 spiro atoms. The Bertz CT molecular complexity index is 595. The second-order valence-corrected chi connectivity index (χ2v) is 5.69. The van der Waals surface area contributed by atoms with E-state index in [0.717, 1.165) is 26.7 Å². The Kier molecular flexibility index (Phi) is 4.38. The normalized spacial score (nSPS) is 12.5. The fourth-order valence-corrected chi connectivity index (χ4v) is 2.64. The van der Waals surface area contributed by atoms with Crippen molar-refractivity contribution in [3.63, 3.8) is 0 Å². The molecule has 0 aliphatic heterocycles. The average molecular weight is 322 g/mol. The smallest absolute Gasteiger partial charge is 0.123 e. The molecule has 1 atom stereocenters. The van der Waals surface area contributed by atoms with Gasteiger partial charge in [-0.1, -0.05) is 34.1 Å². The maximum absolute atomic E-state index is 13.1. The molecule has 2 aromatic rings. The van der Waals surface area contributed by atoms with Gasteiger partial charge in [-0.2, -0.15) is 0 Å². The molecule has 19 heavy (non-hydrogen) atoms. The number of nitrogens with two attached hydrogens (primary N) is 1. The number of hydrogen-bond donors (Lipinski definition) is 1. The van der Waals surface area contributed by atoms with Crippen molar-refractivity contribution < 1.29 is 4.39 Å². The van der Waals surface area contributed by atoms with Crippen molar-refractivity contribution >= 4 is 15.9 Å². The summed E-state index contributed by atoms with van der Waals surface area (Å²) in [4.78, 5) is 0. The maximum Gasteiger partial charge on any atom is 0.123 e. The van der Waals surface area contributed by atoms with E-state index in [-0.39, 0.29) is 11.9 Å². The molecule has 0 bridgehead atoms. The number of aryl methyl sites for hydroxylation is 1. The van der Waals surface area contributed by atoms with Gasteiger partial charge in [0.1, 0.15) is 5.82 Å². The van der Waals surface area contributed by atoms with Crippen LogP contribution >= 0.6 is 15.9 Å². The number of rotatable bonds is 3. The van der Waals surface area contributed by atoms with Crippen molar-refractivity contribution in [2.75, 3.05) is 0 Å². The molecule has 0 saturated heterocycles. The Hall–Kier alpha value is -1.19. The molecule has 2 rings (SSSR count). The van der Waals surface area contributed by atoms with E-state index in [9.17, 15) is 4.39 Å². The molecule has 0 amide bonds. The minimum absolute atomic E-state index is 0.0818. The van der Waals surface area contributed by atoms with Crippen molar-refractivity contribution in [3.8, 4) is 0 Å². The zero-order valence-electron chi connectivity index (χ0n) is 11.1. The van der Waals surface area contributed by atoms with Crippen molar-refractivity contribution in [2.45, 2.75) is 26.3 Å². The van der Waals surface area contributed by atoms with Gasteiger partial charge < -0.3 is 5.73 Å². The van der Waals surface area contributed by atoms with Gasteiger partial charge in [0.15, 0.2) is 0 Å². The quantitative estimate of drug-likeness (QED) is 0.888. The van der Waals surface area contributed by atoms with Gasteiger partial charge in [0.05, 0.1) is 0 Å². The summed E-state index contributed by atoms with van der Waals surface area (Å²) in [6.45, 7) is 3.97. The molecule has 100 valence electrons. The van der Waals surface area contributed by atoms with E-state index in [0.29, 0.717) is 6.42 Å². The second-order valence-electron chi connectivity index (χ2n) is 4.84. The Balaban J connectivity index is 2.25. The van der Waals surface area contributed by atoms with Crippen LogP contribution in [-0.2, 0) is 6.42 Å². The van der Waals surface area contributed by atoms with Crippen LogP contribution in [0.4, 0.5) is 4.39 Å². The molecular formula is C16H17BrFN. The third-order valence-corrected chi connectivity index (χ3v) is 4.31. The molecule has 0 aliphatic carbocycles. The highest BCUT2D eigenvalue weighted by molar-refractivity contribution is 9.10. The Morgan fingerprint density at radius 3 is 2.63 bits per heavy atom. The van der Waals surface area contributed by atoms with Crippen LogP contribution in [0.5, 0.6) is 0 Å². The third-order valence-electron chi connectivity index (χ3n) is 3.45. The molecule has 0 heterocycles. The van der Waals surface area contributed by atoms with Crippen LogP contribution < -0.4 is 5.73 Å². The van der Waals surface area contributed by atoms with E-state index < -0.39 is 0 Å². The van der Waals surface area contributed by atoms with Crippen molar-refractivity contribution in [1.29, 1.82) is 0 Å². The molecule has 0 saturated carbocycles.